The van der Waals surface area contributed by atoms with Crippen LogP contribution in [0.1, 0.15) is 13.8 Å². The molecule has 0 fully saturated rings. The normalized spacial score (nSPS) is 10.3. The van der Waals surface area contributed by atoms with Gasteiger partial charge < -0.3 is 4.74 Å². The number of ether oxygens (including phenoxy) is 1. The summed E-state index contributed by atoms with van der Waals surface area (Å²) in [6.07, 6.45) is 0. The van der Waals surface area contributed by atoms with Crippen molar-refractivity contribution in [2.24, 2.45) is 5.92 Å². The monoisotopic (exact) mass is 240 g/mol. The van der Waals surface area contributed by atoms with Gasteiger partial charge >= 0.3 is 5.69 Å². The Morgan fingerprint density at radius 3 is 2.35 bits per heavy atom. The van der Waals surface area contributed by atoms with Crippen molar-refractivity contribution in [2.45, 2.75) is 13.8 Å². The van der Waals surface area contributed by atoms with Crippen LogP contribution in [-0.4, -0.2) is 16.5 Å². The number of nitro benzene ring substituents is 2. The Kier molecular flexibility index (Phi) is 3.97. The third kappa shape index (κ3) is 3.40. The van der Waals surface area contributed by atoms with Crippen molar-refractivity contribution in [3.63, 3.8) is 0 Å². The topological polar surface area (TPSA) is 95.5 Å². The average Bonchev–Trinajstić information content (AvgIpc) is 2.25. The fraction of sp³-hybridized carbons (Fsp3) is 0.400. The molecule has 0 aliphatic heterocycles. The van der Waals surface area contributed by atoms with E-state index in [1.54, 1.807) is 0 Å². The first-order valence-corrected chi connectivity index (χ1v) is 4.97. The van der Waals surface area contributed by atoms with Crippen LogP contribution in [0.3, 0.4) is 0 Å². The Bertz CT molecular complexity index is 444. The van der Waals surface area contributed by atoms with Gasteiger partial charge in [-0.05, 0) is 12.0 Å². The second kappa shape index (κ2) is 5.24. The van der Waals surface area contributed by atoms with Gasteiger partial charge in [-0.1, -0.05) is 13.8 Å². The van der Waals surface area contributed by atoms with Gasteiger partial charge in [0.1, 0.15) is 0 Å². The van der Waals surface area contributed by atoms with E-state index in [1.807, 2.05) is 13.8 Å². The van der Waals surface area contributed by atoms with E-state index in [-0.39, 0.29) is 23.0 Å². The summed E-state index contributed by atoms with van der Waals surface area (Å²) in [4.78, 5) is 19.9. The van der Waals surface area contributed by atoms with Crippen molar-refractivity contribution in [1.29, 1.82) is 0 Å². The van der Waals surface area contributed by atoms with Gasteiger partial charge in [0.25, 0.3) is 5.69 Å². The number of benzene rings is 1. The van der Waals surface area contributed by atoms with Crippen LogP contribution in [0.15, 0.2) is 18.2 Å². The van der Waals surface area contributed by atoms with E-state index in [0.29, 0.717) is 6.61 Å². The minimum absolute atomic E-state index is 0.0503. The van der Waals surface area contributed by atoms with Gasteiger partial charge in [-0.3, -0.25) is 20.2 Å². The maximum atomic E-state index is 10.7. The summed E-state index contributed by atoms with van der Waals surface area (Å²) < 4.78 is 5.23. The van der Waals surface area contributed by atoms with Crippen LogP contribution in [0.4, 0.5) is 11.4 Å². The molecule has 0 aromatic heterocycles. The third-order valence-corrected chi connectivity index (χ3v) is 1.92. The summed E-state index contributed by atoms with van der Waals surface area (Å²) in [5, 5.41) is 21.2. The minimum atomic E-state index is -0.692. The van der Waals surface area contributed by atoms with Crippen LogP contribution in [-0.2, 0) is 0 Å². The number of nitrogens with zero attached hydrogens (tertiary/aromatic N) is 2. The lowest BCUT2D eigenvalue weighted by Crippen LogP contribution is -2.06. The number of non-ortho nitro benzene ring substituents is 1. The molecule has 92 valence electrons. The van der Waals surface area contributed by atoms with E-state index in [1.165, 1.54) is 12.1 Å². The molecule has 0 atom stereocenters. The Labute approximate surface area is 97.3 Å². The summed E-state index contributed by atoms with van der Waals surface area (Å²) >= 11 is 0. The lowest BCUT2D eigenvalue weighted by Gasteiger charge is -2.08. The zero-order valence-corrected chi connectivity index (χ0v) is 9.45. The lowest BCUT2D eigenvalue weighted by molar-refractivity contribution is -0.394. The molecular formula is C10H12N2O5. The quantitative estimate of drug-likeness (QED) is 0.582. The highest BCUT2D eigenvalue weighted by molar-refractivity contribution is 5.53. The summed E-state index contributed by atoms with van der Waals surface area (Å²) in [6.45, 7) is 4.12. The Hall–Kier alpha value is -2.18. The van der Waals surface area contributed by atoms with Crippen LogP contribution in [0.2, 0.25) is 0 Å². The Balaban J connectivity index is 3.04. The van der Waals surface area contributed by atoms with E-state index in [4.69, 9.17) is 4.74 Å². The largest absolute Gasteiger partial charge is 0.487 e. The zero-order chi connectivity index (χ0) is 13.0. The molecule has 0 heterocycles. The maximum absolute atomic E-state index is 10.7. The lowest BCUT2D eigenvalue weighted by atomic mass is 10.2. The number of rotatable bonds is 5. The molecule has 0 radical (unpaired) electrons. The van der Waals surface area contributed by atoms with E-state index in [2.05, 4.69) is 0 Å². The molecule has 0 unspecified atom stereocenters. The van der Waals surface area contributed by atoms with Crippen molar-refractivity contribution in [2.75, 3.05) is 6.61 Å². The molecule has 1 aromatic carbocycles. The van der Waals surface area contributed by atoms with Gasteiger partial charge in [0.2, 0.25) is 0 Å². The fourth-order valence-corrected chi connectivity index (χ4v) is 1.14. The predicted octanol–water partition coefficient (Wildman–Crippen LogP) is 2.54. The summed E-state index contributed by atoms with van der Waals surface area (Å²) in [7, 11) is 0. The first-order chi connectivity index (χ1) is 7.91. The molecule has 0 spiro atoms. The second-order valence-corrected chi connectivity index (χ2v) is 3.87. The van der Waals surface area contributed by atoms with Gasteiger partial charge in [0.15, 0.2) is 5.75 Å². The molecule has 17 heavy (non-hydrogen) atoms. The second-order valence-electron chi connectivity index (χ2n) is 3.87. The van der Waals surface area contributed by atoms with Crippen LogP contribution in [0.5, 0.6) is 5.75 Å². The molecule has 7 nitrogen and oxygen atoms in total. The van der Waals surface area contributed by atoms with Crippen molar-refractivity contribution in [1.82, 2.24) is 0 Å². The summed E-state index contributed by atoms with van der Waals surface area (Å²) in [5.74, 6) is 0.263. The minimum Gasteiger partial charge on any atom is -0.487 e. The van der Waals surface area contributed by atoms with Gasteiger partial charge in [-0.15, -0.1) is 0 Å². The number of hydrogen-bond donors (Lipinski definition) is 0. The smallest absolute Gasteiger partial charge is 0.317 e. The van der Waals surface area contributed by atoms with Gasteiger partial charge in [0.05, 0.1) is 22.5 Å². The number of nitro groups is 2. The first kappa shape index (κ1) is 12.9. The highest BCUT2D eigenvalue weighted by Gasteiger charge is 2.20. The molecule has 1 rings (SSSR count). The molecule has 7 heteroatoms. The van der Waals surface area contributed by atoms with Crippen molar-refractivity contribution >= 4 is 11.4 Å². The molecule has 0 N–H and O–H groups in total. The molecule has 1 aromatic rings. The Morgan fingerprint density at radius 2 is 1.88 bits per heavy atom. The van der Waals surface area contributed by atoms with E-state index in [9.17, 15) is 20.2 Å². The maximum Gasteiger partial charge on any atom is 0.317 e. The molecule has 0 saturated heterocycles. The highest BCUT2D eigenvalue weighted by Crippen LogP contribution is 2.31. The first-order valence-electron chi connectivity index (χ1n) is 4.97. The van der Waals surface area contributed by atoms with Gasteiger partial charge in [-0.2, -0.15) is 0 Å². The molecular weight excluding hydrogens is 228 g/mol. The van der Waals surface area contributed by atoms with Crippen molar-refractivity contribution < 1.29 is 14.6 Å². The molecule has 0 amide bonds. The Morgan fingerprint density at radius 1 is 1.24 bits per heavy atom. The predicted molar refractivity (Wildman–Crippen MR) is 60.1 cm³/mol. The zero-order valence-electron chi connectivity index (χ0n) is 9.45. The number of hydrogen-bond acceptors (Lipinski definition) is 5. The van der Waals surface area contributed by atoms with Gasteiger partial charge in [0, 0.05) is 6.07 Å². The SMILES string of the molecule is CC(C)COc1ccc([N+](=O)[O-])cc1[N+](=O)[O-]. The standard InChI is InChI=1S/C10H12N2O5/c1-7(2)6-17-10-4-3-8(11(13)14)5-9(10)12(15)16/h3-5,7H,6H2,1-2H3. The summed E-state index contributed by atoms with van der Waals surface area (Å²) in [5.41, 5.74) is -0.714. The molecule has 0 bridgehead atoms. The van der Waals surface area contributed by atoms with Crippen molar-refractivity contribution in [3.05, 3.63) is 38.4 Å². The van der Waals surface area contributed by atoms with E-state index >= 15 is 0 Å². The van der Waals surface area contributed by atoms with Crippen LogP contribution >= 0.6 is 0 Å². The van der Waals surface area contributed by atoms with Crippen LogP contribution in [0, 0.1) is 26.1 Å². The van der Waals surface area contributed by atoms with E-state index < -0.39 is 9.85 Å². The third-order valence-electron chi connectivity index (χ3n) is 1.92. The molecule has 0 aliphatic rings. The van der Waals surface area contributed by atoms with Gasteiger partial charge in [-0.25, -0.2) is 0 Å². The average molecular weight is 240 g/mol. The van der Waals surface area contributed by atoms with Crippen LogP contribution in [0.25, 0.3) is 0 Å². The van der Waals surface area contributed by atoms with Crippen LogP contribution < -0.4 is 4.74 Å². The molecule has 0 aliphatic carbocycles. The fourth-order valence-electron chi connectivity index (χ4n) is 1.14. The van der Waals surface area contributed by atoms with E-state index in [0.717, 1.165) is 6.07 Å². The highest BCUT2D eigenvalue weighted by atomic mass is 16.6. The summed E-state index contributed by atoms with van der Waals surface area (Å²) in [6, 6.07) is 3.33. The van der Waals surface area contributed by atoms with Crippen molar-refractivity contribution in [3.8, 4) is 5.75 Å². The molecule has 0 saturated carbocycles.